The number of carbonyl (C=O) groups excluding carboxylic acids is 1. The topological polar surface area (TPSA) is 85.3 Å². The summed E-state index contributed by atoms with van der Waals surface area (Å²) in [5, 5.41) is 10.4. The molecule has 1 saturated heterocycles. The Labute approximate surface area is 218 Å². The molecule has 4 rings (SSSR count). The Morgan fingerprint density at radius 2 is 2.03 bits per heavy atom. The molecule has 1 fully saturated rings. The van der Waals surface area contributed by atoms with E-state index in [9.17, 15) is 9.90 Å². The molecule has 2 unspecified atom stereocenters. The van der Waals surface area contributed by atoms with Gasteiger partial charge in [-0.25, -0.2) is 9.97 Å². The minimum Gasteiger partial charge on any atom is -0.494 e. The van der Waals surface area contributed by atoms with Crippen molar-refractivity contribution in [1.82, 2.24) is 24.7 Å². The Hall–Kier alpha value is -3.04. The summed E-state index contributed by atoms with van der Waals surface area (Å²) in [6, 6.07) is 0. The van der Waals surface area contributed by atoms with Gasteiger partial charge in [0.05, 0.1) is 29.7 Å². The number of carbonyl (C=O) groups is 1. The van der Waals surface area contributed by atoms with Gasteiger partial charge in [-0.05, 0) is 44.1 Å². The van der Waals surface area contributed by atoms with Crippen LogP contribution in [0.3, 0.4) is 0 Å². The van der Waals surface area contributed by atoms with E-state index in [4.69, 9.17) is 16.3 Å². The van der Waals surface area contributed by atoms with Gasteiger partial charge in [0.15, 0.2) is 0 Å². The quantitative estimate of drug-likeness (QED) is 0.477. The van der Waals surface area contributed by atoms with Crippen LogP contribution in [0.25, 0.3) is 0 Å². The molecule has 1 N–H and O–H groups in total. The highest BCUT2D eigenvalue weighted by Crippen LogP contribution is 2.28. The van der Waals surface area contributed by atoms with E-state index in [2.05, 4.69) is 49.9 Å². The largest absolute Gasteiger partial charge is 0.494 e. The first kappa shape index (κ1) is 26.0. The molecular formula is C26H35ClN6O3. The number of rotatable bonds is 10. The van der Waals surface area contributed by atoms with E-state index in [1.807, 2.05) is 26.1 Å². The van der Waals surface area contributed by atoms with Crippen molar-refractivity contribution in [3.63, 3.8) is 0 Å². The predicted octanol–water partition coefficient (Wildman–Crippen LogP) is 3.12. The molecule has 4 heterocycles. The predicted molar refractivity (Wildman–Crippen MR) is 140 cm³/mol. The van der Waals surface area contributed by atoms with Gasteiger partial charge in [0.25, 0.3) is 5.91 Å². The molecule has 1 amide bonds. The van der Waals surface area contributed by atoms with Crippen LogP contribution in [0.4, 0.5) is 5.95 Å². The first-order valence-electron chi connectivity index (χ1n) is 12.5. The Bertz CT molecular complexity index is 1050. The van der Waals surface area contributed by atoms with Crippen LogP contribution in [0.15, 0.2) is 60.1 Å². The normalized spacial score (nSPS) is 22.0. The molecule has 194 valence electrons. The van der Waals surface area contributed by atoms with Crippen LogP contribution in [0.1, 0.15) is 33.1 Å². The maximum atomic E-state index is 12.3. The molecule has 36 heavy (non-hydrogen) atoms. The molecule has 9 nitrogen and oxygen atoms in total. The second-order valence-electron chi connectivity index (χ2n) is 9.16. The number of allylic oxidation sites excluding steroid dienone is 3. The summed E-state index contributed by atoms with van der Waals surface area (Å²) in [6.45, 7) is 7.70. The van der Waals surface area contributed by atoms with Crippen LogP contribution in [0, 0.1) is 0 Å². The maximum absolute atomic E-state index is 12.3. The summed E-state index contributed by atoms with van der Waals surface area (Å²) in [4.78, 5) is 29.1. The van der Waals surface area contributed by atoms with Gasteiger partial charge in [-0.15, -0.1) is 0 Å². The Morgan fingerprint density at radius 1 is 1.25 bits per heavy atom. The highest BCUT2D eigenvalue weighted by Gasteiger charge is 2.34. The Kier molecular flexibility index (Phi) is 8.53. The van der Waals surface area contributed by atoms with Crippen molar-refractivity contribution in [2.75, 3.05) is 44.7 Å². The Morgan fingerprint density at radius 3 is 2.67 bits per heavy atom. The molecule has 0 aliphatic carbocycles. The van der Waals surface area contributed by atoms with Crippen molar-refractivity contribution >= 4 is 23.5 Å². The molecule has 10 heteroatoms. The second-order valence-corrected chi connectivity index (χ2v) is 9.59. The van der Waals surface area contributed by atoms with Crippen molar-refractivity contribution in [1.29, 1.82) is 0 Å². The molecule has 0 radical (unpaired) electrons. The second kappa shape index (κ2) is 11.8. The van der Waals surface area contributed by atoms with E-state index >= 15 is 0 Å². The fraction of sp³-hybridized carbons (Fsp3) is 0.500. The zero-order valence-corrected chi connectivity index (χ0v) is 21.9. The van der Waals surface area contributed by atoms with Crippen molar-refractivity contribution in [2.45, 2.75) is 45.4 Å². The number of aliphatic hydroxyl groups excluding tert-OH is 1. The lowest BCUT2D eigenvalue weighted by Crippen LogP contribution is -2.45. The molecule has 0 saturated carbocycles. The zero-order chi connectivity index (χ0) is 25.7. The van der Waals surface area contributed by atoms with E-state index in [0.717, 1.165) is 49.6 Å². The lowest BCUT2D eigenvalue weighted by atomic mass is 10.1. The molecular weight excluding hydrogens is 480 g/mol. The molecule has 0 spiro atoms. The average molecular weight is 515 g/mol. The van der Waals surface area contributed by atoms with Gasteiger partial charge in [0.1, 0.15) is 18.0 Å². The van der Waals surface area contributed by atoms with Crippen LogP contribution in [0.5, 0.6) is 0 Å². The van der Waals surface area contributed by atoms with E-state index in [-0.39, 0.29) is 12.1 Å². The first-order chi connectivity index (χ1) is 17.4. The molecule has 2 atom stereocenters. The van der Waals surface area contributed by atoms with Crippen molar-refractivity contribution in [2.24, 2.45) is 0 Å². The number of aromatic nitrogens is 2. The lowest BCUT2D eigenvalue weighted by Gasteiger charge is -2.41. The van der Waals surface area contributed by atoms with Gasteiger partial charge in [-0.1, -0.05) is 18.5 Å². The minimum absolute atomic E-state index is 0.0346. The molecule has 1 aromatic heterocycles. The SMILES string of the molecule is CCCN(CCCOC1=CCN(C2C=CC(N3CCC(O)C3=O)=C(C)N2C)C=C1)c1ncc(Cl)cn1. The zero-order valence-electron chi connectivity index (χ0n) is 21.2. The van der Waals surface area contributed by atoms with Gasteiger partial charge >= 0.3 is 0 Å². The van der Waals surface area contributed by atoms with Crippen LogP contribution >= 0.6 is 11.6 Å². The number of hydrogen-bond donors (Lipinski definition) is 1. The van der Waals surface area contributed by atoms with E-state index < -0.39 is 6.10 Å². The smallest absolute Gasteiger partial charge is 0.255 e. The minimum atomic E-state index is -0.893. The fourth-order valence-corrected chi connectivity index (χ4v) is 4.72. The fourth-order valence-electron chi connectivity index (χ4n) is 4.62. The lowest BCUT2D eigenvalue weighted by molar-refractivity contribution is -0.132. The van der Waals surface area contributed by atoms with E-state index in [1.54, 1.807) is 17.3 Å². The number of halogens is 1. The number of anilines is 1. The number of likely N-dealkylation sites (N-methyl/N-ethyl adjacent to an activating group) is 1. The van der Waals surface area contributed by atoms with Gasteiger partial charge in [0.2, 0.25) is 5.95 Å². The van der Waals surface area contributed by atoms with Crippen LogP contribution in [-0.2, 0) is 9.53 Å². The summed E-state index contributed by atoms with van der Waals surface area (Å²) in [7, 11) is 2.02. The highest BCUT2D eigenvalue weighted by molar-refractivity contribution is 6.30. The third-order valence-corrected chi connectivity index (χ3v) is 6.88. The third-order valence-electron chi connectivity index (χ3n) is 6.69. The van der Waals surface area contributed by atoms with Gasteiger partial charge in [0, 0.05) is 51.5 Å². The monoisotopic (exact) mass is 514 g/mol. The number of amides is 1. The summed E-state index contributed by atoms with van der Waals surface area (Å²) >= 11 is 5.91. The summed E-state index contributed by atoms with van der Waals surface area (Å²) in [5.41, 5.74) is 1.86. The van der Waals surface area contributed by atoms with Crippen LogP contribution < -0.4 is 4.90 Å². The van der Waals surface area contributed by atoms with E-state index in [1.165, 1.54) is 0 Å². The molecule has 0 aromatic carbocycles. The van der Waals surface area contributed by atoms with Crippen LogP contribution in [-0.4, -0.2) is 87.8 Å². The van der Waals surface area contributed by atoms with Gasteiger partial charge < -0.3 is 29.4 Å². The van der Waals surface area contributed by atoms with Crippen molar-refractivity contribution in [3.05, 3.63) is 65.1 Å². The first-order valence-corrected chi connectivity index (χ1v) is 12.9. The molecule has 0 bridgehead atoms. The summed E-state index contributed by atoms with van der Waals surface area (Å²) in [6.07, 6.45) is 14.9. The number of likely N-dealkylation sites (tertiary alicyclic amines) is 1. The number of hydrogen-bond acceptors (Lipinski definition) is 8. The summed E-state index contributed by atoms with van der Waals surface area (Å²) < 4.78 is 6.01. The van der Waals surface area contributed by atoms with E-state index in [0.29, 0.717) is 30.5 Å². The van der Waals surface area contributed by atoms with Crippen molar-refractivity contribution < 1.29 is 14.6 Å². The Balaban J connectivity index is 1.25. The maximum Gasteiger partial charge on any atom is 0.255 e. The molecule has 3 aliphatic rings. The molecule has 1 aromatic rings. The van der Waals surface area contributed by atoms with Crippen LogP contribution in [0.2, 0.25) is 5.02 Å². The number of aliphatic hydroxyl groups is 1. The molecule has 3 aliphatic heterocycles. The number of nitrogens with zero attached hydrogens (tertiary/aromatic N) is 6. The third kappa shape index (κ3) is 5.84. The standard InChI is InChI=1S/C26H35ClN6O3/c1-4-11-32(26-28-17-20(27)18-29-26)12-5-16-36-21-8-13-31(14-9-21)24-7-6-22(19(2)30(24)3)33-15-10-23(34)25(33)35/h6-9,13,17-18,23-24,34H,4-5,10-12,14-16H2,1-3H3. The summed E-state index contributed by atoms with van der Waals surface area (Å²) in [5.74, 6) is 1.33. The van der Waals surface area contributed by atoms with Gasteiger partial charge in [-0.2, -0.15) is 0 Å². The highest BCUT2D eigenvalue weighted by atomic mass is 35.5. The number of ether oxygens (including phenoxy) is 1. The van der Waals surface area contributed by atoms with Gasteiger partial charge in [-0.3, -0.25) is 4.79 Å². The van der Waals surface area contributed by atoms with Crippen molar-refractivity contribution in [3.8, 4) is 0 Å². The average Bonchev–Trinajstić information content (AvgIpc) is 3.21.